The molecule has 0 fully saturated rings. The SMILES string of the molecule is NCCNC(=O)c1ccccc1NC(=O)CCCNC(=O)c1ccsc1. The average Bonchev–Trinajstić information content (AvgIpc) is 3.18. The molecule has 2 rings (SSSR count). The maximum Gasteiger partial charge on any atom is 0.253 e. The minimum atomic E-state index is -0.283. The zero-order chi connectivity index (χ0) is 18.8. The van der Waals surface area contributed by atoms with Crippen molar-refractivity contribution in [3.05, 3.63) is 52.2 Å². The van der Waals surface area contributed by atoms with Crippen LogP contribution in [0.1, 0.15) is 33.6 Å². The summed E-state index contributed by atoms with van der Waals surface area (Å²) in [6.07, 6.45) is 0.742. The van der Waals surface area contributed by atoms with Gasteiger partial charge < -0.3 is 21.7 Å². The van der Waals surface area contributed by atoms with Gasteiger partial charge in [-0.3, -0.25) is 14.4 Å². The molecular formula is C18H22N4O3S. The van der Waals surface area contributed by atoms with Crippen LogP contribution >= 0.6 is 11.3 Å². The summed E-state index contributed by atoms with van der Waals surface area (Å²) in [7, 11) is 0. The minimum absolute atomic E-state index is 0.145. The number of benzene rings is 1. The fourth-order valence-corrected chi connectivity index (χ4v) is 2.87. The number of rotatable bonds is 9. The molecule has 0 saturated heterocycles. The zero-order valence-electron chi connectivity index (χ0n) is 14.3. The number of thiophene rings is 1. The smallest absolute Gasteiger partial charge is 0.253 e. The van der Waals surface area contributed by atoms with Gasteiger partial charge in [-0.15, -0.1) is 0 Å². The number of amides is 3. The van der Waals surface area contributed by atoms with Gasteiger partial charge >= 0.3 is 0 Å². The second-order valence-electron chi connectivity index (χ2n) is 5.51. The third-order valence-corrected chi connectivity index (χ3v) is 4.21. The highest BCUT2D eigenvalue weighted by molar-refractivity contribution is 7.08. The van der Waals surface area contributed by atoms with Crippen LogP contribution in [0.2, 0.25) is 0 Å². The number of nitrogens with two attached hydrogens (primary N) is 1. The van der Waals surface area contributed by atoms with Crippen molar-refractivity contribution in [2.75, 3.05) is 25.0 Å². The Bertz CT molecular complexity index is 747. The van der Waals surface area contributed by atoms with E-state index in [9.17, 15) is 14.4 Å². The summed E-state index contributed by atoms with van der Waals surface area (Å²) in [5.74, 6) is -0.642. The van der Waals surface area contributed by atoms with E-state index in [1.165, 1.54) is 11.3 Å². The topological polar surface area (TPSA) is 113 Å². The number of carbonyl (C=O) groups excluding carboxylic acids is 3. The predicted molar refractivity (Wildman–Crippen MR) is 102 cm³/mol. The van der Waals surface area contributed by atoms with Gasteiger partial charge in [0.25, 0.3) is 11.8 Å². The third-order valence-electron chi connectivity index (χ3n) is 3.53. The summed E-state index contributed by atoms with van der Waals surface area (Å²) >= 11 is 1.46. The fourth-order valence-electron chi connectivity index (χ4n) is 2.23. The monoisotopic (exact) mass is 374 g/mol. The standard InChI is InChI=1S/C18H22N4O3S/c19-8-10-21-18(25)14-4-1-2-5-15(14)22-16(23)6-3-9-20-17(24)13-7-11-26-12-13/h1-2,4-5,7,11-12H,3,6,8-10,19H2,(H,20,24)(H,21,25)(H,22,23). The van der Waals surface area contributed by atoms with E-state index in [4.69, 9.17) is 5.73 Å². The molecule has 0 radical (unpaired) electrons. The second kappa shape index (κ2) is 10.3. The predicted octanol–water partition coefficient (Wildman–Crippen LogP) is 1.59. The van der Waals surface area contributed by atoms with Crippen LogP contribution in [0.15, 0.2) is 41.1 Å². The van der Waals surface area contributed by atoms with Crippen LogP contribution in [0.25, 0.3) is 0 Å². The molecule has 1 aromatic carbocycles. The van der Waals surface area contributed by atoms with Gasteiger partial charge in [0.1, 0.15) is 0 Å². The lowest BCUT2D eigenvalue weighted by Gasteiger charge is -2.11. The summed E-state index contributed by atoms with van der Waals surface area (Å²) in [5.41, 5.74) is 6.84. The van der Waals surface area contributed by atoms with E-state index in [1.54, 1.807) is 35.7 Å². The van der Waals surface area contributed by atoms with E-state index in [2.05, 4.69) is 16.0 Å². The number of carbonyl (C=O) groups is 3. The van der Waals surface area contributed by atoms with Gasteiger partial charge in [-0.25, -0.2) is 0 Å². The number of anilines is 1. The van der Waals surface area contributed by atoms with Crippen LogP contribution in [0.4, 0.5) is 5.69 Å². The van der Waals surface area contributed by atoms with Crippen molar-refractivity contribution < 1.29 is 14.4 Å². The first-order valence-corrected chi connectivity index (χ1v) is 9.23. The van der Waals surface area contributed by atoms with Gasteiger partial charge in [0, 0.05) is 37.0 Å². The molecule has 26 heavy (non-hydrogen) atoms. The van der Waals surface area contributed by atoms with Gasteiger partial charge in [0.2, 0.25) is 5.91 Å². The van der Waals surface area contributed by atoms with Gasteiger partial charge in [0.05, 0.1) is 11.3 Å². The number of hydrogen-bond donors (Lipinski definition) is 4. The maximum atomic E-state index is 12.1. The Morgan fingerprint density at radius 1 is 1.00 bits per heavy atom. The molecule has 0 spiro atoms. The average molecular weight is 374 g/mol. The van der Waals surface area contributed by atoms with Gasteiger partial charge in [-0.05, 0) is 30.0 Å². The highest BCUT2D eigenvalue weighted by atomic mass is 32.1. The van der Waals surface area contributed by atoms with E-state index in [1.807, 2.05) is 5.38 Å². The Labute approximate surface area is 156 Å². The Kier molecular flexibility index (Phi) is 7.78. The summed E-state index contributed by atoms with van der Waals surface area (Å²) in [4.78, 5) is 36.0. The van der Waals surface area contributed by atoms with Crippen molar-refractivity contribution in [1.82, 2.24) is 10.6 Å². The molecule has 5 N–H and O–H groups in total. The lowest BCUT2D eigenvalue weighted by Crippen LogP contribution is -2.30. The number of para-hydroxylation sites is 1. The molecule has 2 aromatic rings. The maximum absolute atomic E-state index is 12.1. The highest BCUT2D eigenvalue weighted by Crippen LogP contribution is 2.15. The summed E-state index contributed by atoms with van der Waals surface area (Å²) < 4.78 is 0. The molecule has 1 heterocycles. The van der Waals surface area contributed by atoms with Gasteiger partial charge in [-0.1, -0.05) is 12.1 Å². The van der Waals surface area contributed by atoms with Crippen molar-refractivity contribution in [1.29, 1.82) is 0 Å². The lowest BCUT2D eigenvalue weighted by molar-refractivity contribution is -0.116. The first-order chi connectivity index (χ1) is 12.6. The molecule has 1 aromatic heterocycles. The molecule has 0 bridgehead atoms. The van der Waals surface area contributed by atoms with Crippen LogP contribution < -0.4 is 21.7 Å². The third kappa shape index (κ3) is 5.98. The molecule has 0 aliphatic rings. The largest absolute Gasteiger partial charge is 0.352 e. The molecule has 0 aliphatic carbocycles. The normalized spacial score (nSPS) is 10.2. The molecule has 7 nitrogen and oxygen atoms in total. The molecule has 3 amide bonds. The van der Waals surface area contributed by atoms with Gasteiger partial charge in [-0.2, -0.15) is 11.3 Å². The highest BCUT2D eigenvalue weighted by Gasteiger charge is 2.12. The van der Waals surface area contributed by atoms with Crippen LogP contribution in [0.5, 0.6) is 0 Å². The van der Waals surface area contributed by atoms with E-state index in [0.717, 1.165) is 0 Å². The summed E-state index contributed by atoms with van der Waals surface area (Å²) in [6, 6.07) is 8.54. The molecule has 8 heteroatoms. The molecular weight excluding hydrogens is 352 g/mol. The first kappa shape index (κ1) is 19.6. The van der Waals surface area contributed by atoms with Crippen molar-refractivity contribution in [2.45, 2.75) is 12.8 Å². The quantitative estimate of drug-likeness (QED) is 0.499. The zero-order valence-corrected chi connectivity index (χ0v) is 15.1. The van der Waals surface area contributed by atoms with E-state index in [-0.39, 0.29) is 24.1 Å². The molecule has 0 unspecified atom stereocenters. The van der Waals surface area contributed by atoms with E-state index >= 15 is 0 Å². The van der Waals surface area contributed by atoms with Crippen LogP contribution in [-0.2, 0) is 4.79 Å². The molecule has 0 atom stereocenters. The van der Waals surface area contributed by atoms with E-state index < -0.39 is 0 Å². The molecule has 0 saturated carbocycles. The summed E-state index contributed by atoms with van der Waals surface area (Å²) in [5, 5.41) is 11.8. The Balaban J connectivity index is 1.79. The van der Waals surface area contributed by atoms with Crippen molar-refractivity contribution in [3.8, 4) is 0 Å². The summed E-state index contributed by atoms with van der Waals surface area (Å²) in [6.45, 7) is 1.11. The molecule has 138 valence electrons. The van der Waals surface area contributed by atoms with Crippen LogP contribution in [0, 0.1) is 0 Å². The Morgan fingerprint density at radius 2 is 1.77 bits per heavy atom. The second-order valence-corrected chi connectivity index (χ2v) is 6.29. The first-order valence-electron chi connectivity index (χ1n) is 8.29. The minimum Gasteiger partial charge on any atom is -0.352 e. The number of nitrogens with one attached hydrogen (secondary N) is 3. The Morgan fingerprint density at radius 3 is 2.50 bits per heavy atom. The van der Waals surface area contributed by atoms with Gasteiger partial charge in [0.15, 0.2) is 0 Å². The van der Waals surface area contributed by atoms with Crippen molar-refractivity contribution in [3.63, 3.8) is 0 Å². The lowest BCUT2D eigenvalue weighted by atomic mass is 10.1. The van der Waals surface area contributed by atoms with Crippen molar-refractivity contribution in [2.24, 2.45) is 5.73 Å². The van der Waals surface area contributed by atoms with Crippen LogP contribution in [0.3, 0.4) is 0 Å². The Hall–Kier alpha value is -2.71. The number of hydrogen-bond acceptors (Lipinski definition) is 5. The van der Waals surface area contributed by atoms with E-state index in [0.29, 0.717) is 42.9 Å². The fraction of sp³-hybridized carbons (Fsp3) is 0.278. The van der Waals surface area contributed by atoms with Crippen LogP contribution in [-0.4, -0.2) is 37.4 Å². The molecule has 0 aliphatic heterocycles. The van der Waals surface area contributed by atoms with Crippen molar-refractivity contribution >= 4 is 34.7 Å².